The Morgan fingerprint density at radius 2 is 0.684 bits per heavy atom. The fourth-order valence-electron chi connectivity index (χ4n) is 4.82. The topological polar surface area (TPSA) is 0 Å². The summed E-state index contributed by atoms with van der Waals surface area (Å²) in [7, 11) is 0. The zero-order chi connectivity index (χ0) is 29.2. The third kappa shape index (κ3) is 10.0. The van der Waals surface area contributed by atoms with Crippen molar-refractivity contribution in [2.45, 2.75) is 119 Å². The molecule has 38 heavy (non-hydrogen) atoms. The maximum Gasteiger partial charge on any atom is 0.129 e. The molecule has 0 aliphatic carbocycles. The van der Waals surface area contributed by atoms with E-state index in [1.165, 1.54) is 28.3 Å². The molecule has 3 aromatic rings. The molecule has 0 amide bonds. The summed E-state index contributed by atoms with van der Waals surface area (Å²) >= 11 is 0. The number of rotatable bonds is 6. The molecule has 0 atom stereocenters. The van der Waals surface area contributed by atoms with Crippen LogP contribution in [0.4, 0.5) is 8.78 Å². The number of halogens is 2. The first-order valence-electron chi connectivity index (χ1n) is 14.3. The zero-order valence-corrected chi connectivity index (χ0v) is 26.0. The van der Waals surface area contributed by atoms with Crippen molar-refractivity contribution in [3.8, 4) is 0 Å². The average Bonchev–Trinajstić information content (AvgIpc) is 2.83. The van der Waals surface area contributed by atoms with Gasteiger partial charge in [0.05, 0.1) is 0 Å². The minimum atomic E-state index is -0.490. The molecule has 0 aromatic heterocycles. The highest BCUT2D eigenvalue weighted by Gasteiger charge is 2.16. The van der Waals surface area contributed by atoms with Crippen LogP contribution in [0.3, 0.4) is 0 Å². The van der Waals surface area contributed by atoms with Crippen LogP contribution in [0.2, 0.25) is 0 Å². The molecule has 0 unspecified atom stereocenters. The van der Waals surface area contributed by atoms with Crippen molar-refractivity contribution in [3.05, 3.63) is 106 Å². The number of hydrogen-bond donors (Lipinski definition) is 0. The van der Waals surface area contributed by atoms with E-state index in [4.69, 9.17) is 0 Å². The van der Waals surface area contributed by atoms with E-state index in [-0.39, 0.29) is 11.8 Å². The molecule has 0 heterocycles. The van der Waals surface area contributed by atoms with E-state index in [0.717, 1.165) is 11.6 Å². The first kappa shape index (κ1) is 33.5. The molecule has 0 nitrogen and oxygen atoms in total. The standard InChI is InChI=1S/C12H16F2.2C12H18/c1-7(2)10-5-9(13)6-11(14)12(10)8(3)4;2*1-9(2)11-7-5-6-8-12(11)10(3)4/h5-8H,1-4H3;2*5-10H,1-4H3. The zero-order valence-electron chi connectivity index (χ0n) is 26.0. The predicted molar refractivity (Wildman–Crippen MR) is 164 cm³/mol. The average molecular weight is 523 g/mol. The van der Waals surface area contributed by atoms with Crippen LogP contribution in [-0.2, 0) is 0 Å². The van der Waals surface area contributed by atoms with Crippen LogP contribution in [0.15, 0.2) is 60.7 Å². The molecule has 0 spiro atoms. The molecule has 0 N–H and O–H groups in total. The van der Waals surface area contributed by atoms with Crippen molar-refractivity contribution in [2.75, 3.05) is 0 Å². The second-order valence-electron chi connectivity index (χ2n) is 12.1. The van der Waals surface area contributed by atoms with Gasteiger partial charge in [0.25, 0.3) is 0 Å². The molecule has 3 aromatic carbocycles. The fourth-order valence-corrected chi connectivity index (χ4v) is 4.82. The van der Waals surface area contributed by atoms with Gasteiger partial charge in [0.2, 0.25) is 0 Å². The van der Waals surface area contributed by atoms with Crippen LogP contribution in [-0.4, -0.2) is 0 Å². The molecule has 0 saturated heterocycles. The van der Waals surface area contributed by atoms with E-state index < -0.39 is 11.6 Å². The van der Waals surface area contributed by atoms with Crippen molar-refractivity contribution < 1.29 is 8.78 Å². The van der Waals surface area contributed by atoms with Crippen LogP contribution in [0.5, 0.6) is 0 Å². The lowest BCUT2D eigenvalue weighted by Crippen LogP contribution is -2.03. The van der Waals surface area contributed by atoms with Crippen LogP contribution < -0.4 is 0 Å². The molecule has 210 valence electrons. The Labute approximate surface area is 232 Å². The van der Waals surface area contributed by atoms with E-state index in [2.05, 4.69) is 104 Å². The molecule has 0 aliphatic heterocycles. The maximum atomic E-state index is 13.5. The first-order chi connectivity index (χ1) is 17.7. The Hall–Kier alpha value is -2.48. The van der Waals surface area contributed by atoms with Gasteiger partial charge < -0.3 is 0 Å². The molecular formula is C36H52F2. The van der Waals surface area contributed by atoms with Gasteiger partial charge in [-0.05, 0) is 75.0 Å². The second kappa shape index (κ2) is 15.8. The first-order valence-corrected chi connectivity index (χ1v) is 14.3. The van der Waals surface area contributed by atoms with Gasteiger partial charge in [-0.3, -0.25) is 0 Å². The highest BCUT2D eigenvalue weighted by molar-refractivity contribution is 5.34. The molecule has 3 rings (SSSR count). The van der Waals surface area contributed by atoms with Crippen molar-refractivity contribution in [1.29, 1.82) is 0 Å². The summed E-state index contributed by atoms with van der Waals surface area (Å²) in [6.07, 6.45) is 0. The molecule has 0 bridgehead atoms. The Bertz CT molecular complexity index is 995. The van der Waals surface area contributed by atoms with Gasteiger partial charge >= 0.3 is 0 Å². The normalized spacial score (nSPS) is 11.3. The van der Waals surface area contributed by atoms with Crippen molar-refractivity contribution in [1.82, 2.24) is 0 Å². The van der Waals surface area contributed by atoms with Gasteiger partial charge in [0.1, 0.15) is 11.6 Å². The summed E-state index contributed by atoms with van der Waals surface area (Å²) < 4.78 is 26.5. The van der Waals surface area contributed by atoms with Crippen LogP contribution in [0.1, 0.15) is 152 Å². The molecule has 0 saturated carbocycles. The van der Waals surface area contributed by atoms with Gasteiger partial charge in [-0.2, -0.15) is 0 Å². The third-order valence-electron chi connectivity index (χ3n) is 6.81. The maximum absolute atomic E-state index is 13.5. The Balaban J connectivity index is 0.000000286. The lowest BCUT2D eigenvalue weighted by Gasteiger charge is -2.16. The minimum absolute atomic E-state index is 0.0907. The van der Waals surface area contributed by atoms with Crippen molar-refractivity contribution in [2.24, 2.45) is 0 Å². The number of benzene rings is 3. The highest BCUT2D eigenvalue weighted by atomic mass is 19.1. The largest absolute Gasteiger partial charge is 0.207 e. The summed E-state index contributed by atoms with van der Waals surface area (Å²) in [6.45, 7) is 25.7. The van der Waals surface area contributed by atoms with Gasteiger partial charge in [0.15, 0.2) is 0 Å². The van der Waals surface area contributed by atoms with Crippen LogP contribution in [0.25, 0.3) is 0 Å². The lowest BCUT2D eigenvalue weighted by molar-refractivity contribution is 0.555. The summed E-state index contributed by atoms with van der Waals surface area (Å²) in [5.41, 5.74) is 7.39. The fraction of sp³-hybridized carbons (Fsp3) is 0.500. The monoisotopic (exact) mass is 522 g/mol. The van der Waals surface area contributed by atoms with Crippen LogP contribution >= 0.6 is 0 Å². The SMILES string of the molecule is CC(C)c1cc(F)cc(F)c1C(C)C.CC(C)c1ccccc1C(C)C.CC(C)c1ccccc1C(C)C. The van der Waals surface area contributed by atoms with Crippen molar-refractivity contribution >= 4 is 0 Å². The van der Waals surface area contributed by atoms with Crippen molar-refractivity contribution in [3.63, 3.8) is 0 Å². The van der Waals surface area contributed by atoms with Gasteiger partial charge in [0, 0.05) is 6.07 Å². The molecule has 0 aliphatic rings. The Morgan fingerprint density at radius 1 is 0.395 bits per heavy atom. The van der Waals surface area contributed by atoms with E-state index in [1.54, 1.807) is 0 Å². The third-order valence-corrected chi connectivity index (χ3v) is 6.81. The van der Waals surface area contributed by atoms with E-state index in [9.17, 15) is 8.78 Å². The summed E-state index contributed by atoms with van der Waals surface area (Å²) in [5, 5.41) is 0. The van der Waals surface area contributed by atoms with E-state index in [1.807, 2.05) is 27.7 Å². The van der Waals surface area contributed by atoms with E-state index in [0.29, 0.717) is 29.2 Å². The summed E-state index contributed by atoms with van der Waals surface area (Å²) in [4.78, 5) is 0. The van der Waals surface area contributed by atoms with Gasteiger partial charge in [-0.15, -0.1) is 0 Å². The summed E-state index contributed by atoms with van der Waals surface area (Å²) in [5.74, 6) is 1.89. The predicted octanol–water partition coefficient (Wildman–Crippen LogP) is 12.1. The smallest absolute Gasteiger partial charge is 0.129 e. The lowest BCUT2D eigenvalue weighted by atomic mass is 9.90. The quantitative estimate of drug-likeness (QED) is 0.302. The Kier molecular flexibility index (Phi) is 14.0. The highest BCUT2D eigenvalue weighted by Crippen LogP contribution is 2.29. The number of hydrogen-bond acceptors (Lipinski definition) is 0. The molecule has 0 fully saturated rings. The van der Waals surface area contributed by atoms with Crippen LogP contribution in [0, 0.1) is 11.6 Å². The summed E-state index contributed by atoms with van der Waals surface area (Å²) in [6, 6.07) is 19.8. The van der Waals surface area contributed by atoms with Gasteiger partial charge in [-0.1, -0.05) is 132 Å². The van der Waals surface area contributed by atoms with Gasteiger partial charge in [-0.25, -0.2) is 8.78 Å². The molecule has 0 radical (unpaired) electrons. The minimum Gasteiger partial charge on any atom is -0.207 e. The van der Waals surface area contributed by atoms with E-state index >= 15 is 0 Å². The Morgan fingerprint density at radius 3 is 0.921 bits per heavy atom. The molecular weight excluding hydrogens is 470 g/mol. The molecule has 2 heteroatoms. The second-order valence-corrected chi connectivity index (χ2v) is 12.1.